The topological polar surface area (TPSA) is 68.0 Å². The van der Waals surface area contributed by atoms with E-state index in [1.54, 1.807) is 4.68 Å². The normalized spacial score (nSPS) is 16.7. The van der Waals surface area contributed by atoms with Gasteiger partial charge < -0.3 is 5.11 Å². The highest BCUT2D eigenvalue weighted by atomic mass is 16.4. The zero-order valence-electron chi connectivity index (χ0n) is 9.19. The minimum absolute atomic E-state index is 0.0920. The van der Waals surface area contributed by atoms with Crippen molar-refractivity contribution in [2.75, 3.05) is 0 Å². The SMILES string of the molecule is CC(C)(C)c1c(C(=O)O)nnn1C1CC1. The average Bonchev–Trinajstić information content (AvgIpc) is 2.81. The summed E-state index contributed by atoms with van der Waals surface area (Å²) in [4.78, 5) is 11.0. The fraction of sp³-hybridized carbons (Fsp3) is 0.700. The van der Waals surface area contributed by atoms with E-state index in [4.69, 9.17) is 5.11 Å². The van der Waals surface area contributed by atoms with Gasteiger partial charge in [0.1, 0.15) is 0 Å². The quantitative estimate of drug-likeness (QED) is 0.803. The summed E-state index contributed by atoms with van der Waals surface area (Å²) in [7, 11) is 0. The molecule has 0 amide bonds. The average molecular weight is 209 g/mol. The maximum absolute atomic E-state index is 11.0. The zero-order chi connectivity index (χ0) is 11.2. The second kappa shape index (κ2) is 3.05. The fourth-order valence-corrected chi connectivity index (χ4v) is 1.71. The Kier molecular flexibility index (Phi) is 2.06. The van der Waals surface area contributed by atoms with Crippen LogP contribution in [-0.4, -0.2) is 26.1 Å². The highest BCUT2D eigenvalue weighted by Crippen LogP contribution is 2.38. The van der Waals surface area contributed by atoms with Crippen LogP contribution in [0.3, 0.4) is 0 Å². The van der Waals surface area contributed by atoms with E-state index in [1.807, 2.05) is 20.8 Å². The predicted molar refractivity (Wildman–Crippen MR) is 54.0 cm³/mol. The number of nitrogens with zero attached hydrogens (tertiary/aromatic N) is 3. The van der Waals surface area contributed by atoms with E-state index in [1.165, 1.54) is 0 Å². The zero-order valence-corrected chi connectivity index (χ0v) is 9.19. The Labute approximate surface area is 88.1 Å². The lowest BCUT2D eigenvalue weighted by Crippen LogP contribution is -2.21. The summed E-state index contributed by atoms with van der Waals surface area (Å²) < 4.78 is 1.78. The standard InChI is InChI=1S/C10H15N3O2/c1-10(2,3)8-7(9(14)15)11-12-13(8)6-4-5-6/h6H,4-5H2,1-3H3,(H,14,15). The number of carbonyl (C=O) groups is 1. The van der Waals surface area contributed by atoms with Gasteiger partial charge in [-0.25, -0.2) is 9.48 Å². The third-order valence-electron chi connectivity index (χ3n) is 2.50. The molecule has 82 valence electrons. The van der Waals surface area contributed by atoms with Crippen LogP contribution in [0.15, 0.2) is 0 Å². The molecule has 1 aliphatic carbocycles. The van der Waals surface area contributed by atoms with Crippen LogP contribution in [0, 0.1) is 0 Å². The van der Waals surface area contributed by atoms with E-state index in [-0.39, 0.29) is 11.1 Å². The monoisotopic (exact) mass is 209 g/mol. The number of aromatic nitrogens is 3. The van der Waals surface area contributed by atoms with Gasteiger partial charge in [-0.3, -0.25) is 0 Å². The number of hydrogen-bond donors (Lipinski definition) is 1. The largest absolute Gasteiger partial charge is 0.476 e. The molecule has 0 aromatic carbocycles. The van der Waals surface area contributed by atoms with Gasteiger partial charge in [0.25, 0.3) is 0 Å². The summed E-state index contributed by atoms with van der Waals surface area (Å²) >= 11 is 0. The number of aromatic carboxylic acids is 1. The van der Waals surface area contributed by atoms with Gasteiger partial charge in [0.2, 0.25) is 0 Å². The first-order valence-electron chi connectivity index (χ1n) is 5.10. The second-order valence-electron chi connectivity index (χ2n) is 5.02. The minimum Gasteiger partial charge on any atom is -0.476 e. The van der Waals surface area contributed by atoms with Crippen molar-refractivity contribution >= 4 is 5.97 Å². The molecule has 0 atom stereocenters. The van der Waals surface area contributed by atoms with Crippen LogP contribution in [0.5, 0.6) is 0 Å². The Hall–Kier alpha value is -1.39. The van der Waals surface area contributed by atoms with E-state index in [9.17, 15) is 4.79 Å². The highest BCUT2D eigenvalue weighted by molar-refractivity contribution is 5.86. The molecule has 1 saturated carbocycles. The predicted octanol–water partition coefficient (Wildman–Crippen LogP) is 1.61. The molecule has 1 fully saturated rings. The minimum atomic E-state index is -0.994. The van der Waals surface area contributed by atoms with Gasteiger partial charge in [0.15, 0.2) is 5.69 Å². The lowest BCUT2D eigenvalue weighted by Gasteiger charge is -2.20. The molecular weight excluding hydrogens is 194 g/mol. The van der Waals surface area contributed by atoms with E-state index in [2.05, 4.69) is 10.3 Å². The van der Waals surface area contributed by atoms with Crippen LogP contribution in [0.25, 0.3) is 0 Å². The van der Waals surface area contributed by atoms with Gasteiger partial charge >= 0.3 is 5.97 Å². The number of hydrogen-bond acceptors (Lipinski definition) is 3. The van der Waals surface area contributed by atoms with E-state index < -0.39 is 5.97 Å². The van der Waals surface area contributed by atoms with Crippen LogP contribution >= 0.6 is 0 Å². The Balaban J connectivity index is 2.53. The van der Waals surface area contributed by atoms with Crippen LogP contribution < -0.4 is 0 Å². The van der Waals surface area contributed by atoms with Crippen LogP contribution in [0.2, 0.25) is 0 Å². The summed E-state index contributed by atoms with van der Waals surface area (Å²) in [5, 5.41) is 16.7. The maximum atomic E-state index is 11.0. The molecule has 1 N–H and O–H groups in total. The third-order valence-corrected chi connectivity index (χ3v) is 2.50. The molecule has 1 aliphatic rings. The molecule has 0 unspecified atom stereocenters. The smallest absolute Gasteiger partial charge is 0.358 e. The molecule has 5 nitrogen and oxygen atoms in total. The van der Waals surface area contributed by atoms with Crippen molar-refractivity contribution < 1.29 is 9.90 Å². The molecule has 5 heteroatoms. The van der Waals surface area contributed by atoms with Gasteiger partial charge in [-0.05, 0) is 12.8 Å². The van der Waals surface area contributed by atoms with Crippen molar-refractivity contribution in [1.82, 2.24) is 15.0 Å². The van der Waals surface area contributed by atoms with Crippen LogP contribution in [0.1, 0.15) is 55.8 Å². The number of rotatable bonds is 2. The Morgan fingerprint density at radius 1 is 1.47 bits per heavy atom. The maximum Gasteiger partial charge on any atom is 0.358 e. The van der Waals surface area contributed by atoms with Crippen molar-refractivity contribution in [2.45, 2.75) is 45.1 Å². The van der Waals surface area contributed by atoms with Gasteiger partial charge in [0, 0.05) is 5.41 Å². The molecule has 0 bridgehead atoms. The number of carboxylic acid groups (broad SMARTS) is 1. The lowest BCUT2D eigenvalue weighted by atomic mass is 9.90. The first-order valence-corrected chi connectivity index (χ1v) is 5.10. The Bertz CT molecular complexity index is 399. The van der Waals surface area contributed by atoms with E-state index in [0.29, 0.717) is 6.04 Å². The van der Waals surface area contributed by atoms with Gasteiger partial charge in [-0.1, -0.05) is 26.0 Å². The Morgan fingerprint density at radius 3 is 2.47 bits per heavy atom. The molecule has 1 heterocycles. The van der Waals surface area contributed by atoms with Crippen molar-refractivity contribution in [3.63, 3.8) is 0 Å². The van der Waals surface area contributed by atoms with Gasteiger partial charge in [-0.15, -0.1) is 5.10 Å². The van der Waals surface area contributed by atoms with Gasteiger partial charge in [-0.2, -0.15) is 0 Å². The molecule has 1 aromatic rings. The van der Waals surface area contributed by atoms with Crippen LogP contribution in [0.4, 0.5) is 0 Å². The second-order valence-corrected chi connectivity index (χ2v) is 5.02. The molecule has 0 saturated heterocycles. The fourth-order valence-electron chi connectivity index (χ4n) is 1.71. The Morgan fingerprint density at radius 2 is 2.07 bits per heavy atom. The first kappa shape index (κ1) is 10.1. The summed E-state index contributed by atoms with van der Waals surface area (Å²) in [6, 6.07) is 0.361. The summed E-state index contributed by atoms with van der Waals surface area (Å²) in [5.41, 5.74) is 0.590. The molecule has 0 radical (unpaired) electrons. The molecular formula is C10H15N3O2. The first-order chi connectivity index (χ1) is 6.91. The van der Waals surface area contributed by atoms with Gasteiger partial charge in [0.05, 0.1) is 11.7 Å². The summed E-state index contributed by atoms with van der Waals surface area (Å²) in [6.45, 7) is 5.95. The van der Waals surface area contributed by atoms with Crippen molar-refractivity contribution in [2.24, 2.45) is 0 Å². The van der Waals surface area contributed by atoms with Crippen molar-refractivity contribution in [3.05, 3.63) is 11.4 Å². The summed E-state index contributed by atoms with van der Waals surface area (Å²) in [6.07, 6.45) is 2.15. The van der Waals surface area contributed by atoms with Crippen molar-refractivity contribution in [3.8, 4) is 0 Å². The molecule has 15 heavy (non-hydrogen) atoms. The molecule has 1 aromatic heterocycles. The molecule has 0 aliphatic heterocycles. The van der Waals surface area contributed by atoms with E-state index >= 15 is 0 Å². The highest BCUT2D eigenvalue weighted by Gasteiger charge is 2.35. The molecule has 0 spiro atoms. The third kappa shape index (κ3) is 1.73. The van der Waals surface area contributed by atoms with Crippen LogP contribution in [-0.2, 0) is 5.41 Å². The molecule has 2 rings (SSSR count). The lowest BCUT2D eigenvalue weighted by molar-refractivity contribution is 0.0687. The van der Waals surface area contributed by atoms with Crippen molar-refractivity contribution in [1.29, 1.82) is 0 Å². The summed E-state index contributed by atoms with van der Waals surface area (Å²) in [5.74, 6) is -0.994. The van der Waals surface area contributed by atoms with E-state index in [0.717, 1.165) is 18.5 Å². The number of carboxylic acids is 1.